The second-order valence-corrected chi connectivity index (χ2v) is 7.90. The summed E-state index contributed by atoms with van der Waals surface area (Å²) in [7, 11) is 1.98. The summed E-state index contributed by atoms with van der Waals surface area (Å²) in [4.78, 5) is 4.90. The van der Waals surface area contributed by atoms with E-state index in [1.54, 1.807) is 0 Å². The first kappa shape index (κ1) is 20.1. The molecule has 0 radical (unpaired) electrons. The number of aryl methyl sites for hydroxylation is 2. The molecule has 4 rings (SSSR count). The highest BCUT2D eigenvalue weighted by atomic mass is 15.3. The average Bonchev–Trinajstić information content (AvgIpc) is 3.49. The first-order valence-electron chi connectivity index (χ1n) is 10.6. The van der Waals surface area contributed by atoms with Gasteiger partial charge in [-0.05, 0) is 44.4 Å². The molecule has 0 bridgehead atoms. The van der Waals surface area contributed by atoms with Crippen molar-refractivity contribution in [3.8, 4) is 5.69 Å². The van der Waals surface area contributed by atoms with Gasteiger partial charge in [0.15, 0.2) is 11.8 Å². The van der Waals surface area contributed by atoms with Crippen molar-refractivity contribution in [2.75, 3.05) is 0 Å². The molecule has 8 nitrogen and oxygen atoms in total. The summed E-state index contributed by atoms with van der Waals surface area (Å²) < 4.78 is 3.91. The number of nitrogens with one attached hydrogen (secondary N) is 2. The third-order valence-corrected chi connectivity index (χ3v) is 5.66. The van der Waals surface area contributed by atoms with Crippen LogP contribution in [0.1, 0.15) is 48.6 Å². The van der Waals surface area contributed by atoms with Crippen LogP contribution >= 0.6 is 0 Å². The van der Waals surface area contributed by atoms with Crippen LogP contribution in [0.5, 0.6) is 0 Å². The van der Waals surface area contributed by atoms with Gasteiger partial charge in [-0.25, -0.2) is 9.67 Å². The van der Waals surface area contributed by atoms with Crippen molar-refractivity contribution in [1.29, 1.82) is 0 Å². The highest BCUT2D eigenvalue weighted by molar-refractivity contribution is 5.80. The summed E-state index contributed by atoms with van der Waals surface area (Å²) >= 11 is 0. The van der Waals surface area contributed by atoms with E-state index >= 15 is 0 Å². The summed E-state index contributed by atoms with van der Waals surface area (Å²) in [5.41, 5.74) is 3.18. The second kappa shape index (κ2) is 9.11. The van der Waals surface area contributed by atoms with Crippen molar-refractivity contribution in [2.45, 2.75) is 58.7 Å². The molecule has 1 fully saturated rings. The Balaban J connectivity index is 1.52. The molecule has 0 saturated heterocycles. The van der Waals surface area contributed by atoms with Gasteiger partial charge in [-0.3, -0.25) is 0 Å². The Kier molecular flexibility index (Phi) is 6.11. The number of aromatic nitrogens is 5. The van der Waals surface area contributed by atoms with Crippen molar-refractivity contribution in [3.05, 3.63) is 59.4 Å². The standard InChI is InChI=1S/C22H30N8/c1-16-12-13-30(28-16)20-11-7-4-8-18(20)14-23-22(25-19-9-5-6-10-19)24-15-21-27-26-17(2)29(21)3/h4,7-8,11-13,19H,5-6,9-10,14-15H2,1-3H3,(H2,23,24,25). The smallest absolute Gasteiger partial charge is 0.192 e. The van der Waals surface area contributed by atoms with Crippen LogP contribution in [0, 0.1) is 13.8 Å². The predicted molar refractivity (Wildman–Crippen MR) is 117 cm³/mol. The average molecular weight is 407 g/mol. The lowest BCUT2D eigenvalue weighted by molar-refractivity contribution is 0.606. The number of hydrogen-bond acceptors (Lipinski definition) is 4. The summed E-state index contributed by atoms with van der Waals surface area (Å²) in [5.74, 6) is 2.60. The lowest BCUT2D eigenvalue weighted by Gasteiger charge is -2.17. The first-order chi connectivity index (χ1) is 14.6. The monoisotopic (exact) mass is 406 g/mol. The van der Waals surface area contributed by atoms with Crippen molar-refractivity contribution < 1.29 is 0 Å². The van der Waals surface area contributed by atoms with Crippen molar-refractivity contribution in [3.63, 3.8) is 0 Å². The number of guanidine groups is 1. The van der Waals surface area contributed by atoms with Crippen molar-refractivity contribution in [1.82, 2.24) is 35.2 Å². The Labute approximate surface area is 177 Å². The first-order valence-corrected chi connectivity index (χ1v) is 10.6. The Morgan fingerprint density at radius 2 is 1.93 bits per heavy atom. The zero-order chi connectivity index (χ0) is 20.9. The molecule has 30 heavy (non-hydrogen) atoms. The van der Waals surface area contributed by atoms with E-state index in [1.807, 2.05) is 54.5 Å². The number of nitrogens with zero attached hydrogens (tertiary/aromatic N) is 6. The van der Waals surface area contributed by atoms with Gasteiger partial charge in [0.1, 0.15) is 5.82 Å². The molecule has 0 atom stereocenters. The predicted octanol–water partition coefficient (Wildman–Crippen LogP) is 2.80. The molecule has 1 aromatic carbocycles. The summed E-state index contributed by atoms with van der Waals surface area (Å²) in [5, 5.41) is 20.0. The van der Waals surface area contributed by atoms with E-state index in [4.69, 9.17) is 4.99 Å². The minimum absolute atomic E-state index is 0.474. The van der Waals surface area contributed by atoms with Gasteiger partial charge in [-0.1, -0.05) is 31.0 Å². The Hall–Kier alpha value is -3.16. The molecular weight excluding hydrogens is 376 g/mol. The summed E-state index contributed by atoms with van der Waals surface area (Å²) in [6.45, 7) is 5.10. The van der Waals surface area contributed by atoms with E-state index in [1.165, 1.54) is 25.7 Å². The molecular formula is C22H30N8. The van der Waals surface area contributed by atoms with Gasteiger partial charge in [-0.15, -0.1) is 10.2 Å². The number of rotatable bonds is 6. The number of para-hydroxylation sites is 1. The second-order valence-electron chi connectivity index (χ2n) is 7.90. The van der Waals surface area contributed by atoms with Gasteiger partial charge in [0.25, 0.3) is 0 Å². The molecule has 2 aromatic heterocycles. The zero-order valence-corrected chi connectivity index (χ0v) is 18.0. The minimum Gasteiger partial charge on any atom is -0.354 e. The molecule has 2 heterocycles. The van der Waals surface area contributed by atoms with Gasteiger partial charge < -0.3 is 15.2 Å². The maximum absolute atomic E-state index is 4.90. The highest BCUT2D eigenvalue weighted by Gasteiger charge is 2.17. The molecule has 1 aliphatic carbocycles. The molecule has 158 valence electrons. The maximum Gasteiger partial charge on any atom is 0.192 e. The van der Waals surface area contributed by atoms with Gasteiger partial charge in [0.2, 0.25) is 0 Å². The number of aliphatic imine (C=N–C) groups is 1. The van der Waals surface area contributed by atoms with Crippen LogP contribution in [0.4, 0.5) is 0 Å². The van der Waals surface area contributed by atoms with Crippen LogP contribution in [0.3, 0.4) is 0 Å². The SMILES string of the molecule is Cc1ccn(-c2ccccc2CN=C(NCc2nnc(C)n2C)NC2CCCC2)n1. The summed E-state index contributed by atoms with van der Waals surface area (Å²) in [6.07, 6.45) is 6.91. The Morgan fingerprint density at radius 1 is 1.13 bits per heavy atom. The van der Waals surface area contributed by atoms with Crippen LogP contribution < -0.4 is 10.6 Å². The van der Waals surface area contributed by atoms with Crippen LogP contribution in [0.15, 0.2) is 41.5 Å². The minimum atomic E-state index is 0.474. The van der Waals surface area contributed by atoms with E-state index in [-0.39, 0.29) is 0 Å². The van der Waals surface area contributed by atoms with Crippen molar-refractivity contribution in [2.24, 2.45) is 12.0 Å². The third kappa shape index (κ3) is 4.69. The van der Waals surface area contributed by atoms with Crippen LogP contribution in [0.2, 0.25) is 0 Å². The largest absolute Gasteiger partial charge is 0.354 e. The van der Waals surface area contributed by atoms with E-state index in [9.17, 15) is 0 Å². The van der Waals surface area contributed by atoms with Crippen molar-refractivity contribution >= 4 is 5.96 Å². The number of hydrogen-bond donors (Lipinski definition) is 2. The van der Waals surface area contributed by atoms with Gasteiger partial charge in [0.05, 0.1) is 24.5 Å². The van der Waals surface area contributed by atoms with E-state index in [2.05, 4.69) is 38.1 Å². The highest BCUT2D eigenvalue weighted by Crippen LogP contribution is 2.18. The fraction of sp³-hybridized carbons (Fsp3) is 0.455. The lowest BCUT2D eigenvalue weighted by Crippen LogP contribution is -2.42. The van der Waals surface area contributed by atoms with Gasteiger partial charge in [-0.2, -0.15) is 5.10 Å². The molecule has 8 heteroatoms. The molecule has 3 aromatic rings. The summed E-state index contributed by atoms with van der Waals surface area (Å²) in [6, 6.07) is 10.8. The quantitative estimate of drug-likeness (QED) is 0.486. The van der Waals surface area contributed by atoms with Crippen LogP contribution in [-0.2, 0) is 20.1 Å². The lowest BCUT2D eigenvalue weighted by atomic mass is 10.2. The Bertz CT molecular complexity index is 1010. The molecule has 0 unspecified atom stereocenters. The van der Waals surface area contributed by atoms with E-state index < -0.39 is 0 Å². The third-order valence-electron chi connectivity index (χ3n) is 5.66. The normalized spacial score (nSPS) is 15.0. The van der Waals surface area contributed by atoms with E-state index in [0.717, 1.165) is 34.6 Å². The number of benzene rings is 1. The fourth-order valence-electron chi connectivity index (χ4n) is 3.77. The molecule has 0 aliphatic heterocycles. The maximum atomic E-state index is 4.90. The Morgan fingerprint density at radius 3 is 2.63 bits per heavy atom. The zero-order valence-electron chi connectivity index (χ0n) is 18.0. The fourth-order valence-corrected chi connectivity index (χ4v) is 3.77. The van der Waals surface area contributed by atoms with Crippen LogP contribution in [-0.4, -0.2) is 36.5 Å². The molecule has 1 saturated carbocycles. The topological polar surface area (TPSA) is 85.0 Å². The van der Waals surface area contributed by atoms with E-state index in [0.29, 0.717) is 19.1 Å². The molecule has 0 amide bonds. The molecule has 0 spiro atoms. The molecule has 2 N–H and O–H groups in total. The molecule has 1 aliphatic rings. The van der Waals surface area contributed by atoms with Gasteiger partial charge >= 0.3 is 0 Å². The van der Waals surface area contributed by atoms with Crippen LogP contribution in [0.25, 0.3) is 5.69 Å². The van der Waals surface area contributed by atoms with Gasteiger partial charge in [0, 0.05) is 19.3 Å².